The largest absolute Gasteiger partial charge is 0.493 e. The molecular weight excluding hydrogens is 248 g/mol. The van der Waals surface area contributed by atoms with Crippen molar-refractivity contribution in [3.63, 3.8) is 0 Å². The first-order valence-electron chi connectivity index (χ1n) is 6.94. The van der Waals surface area contributed by atoms with Crippen LogP contribution in [0, 0.1) is 5.92 Å². The van der Waals surface area contributed by atoms with Crippen molar-refractivity contribution in [1.29, 1.82) is 0 Å². The van der Waals surface area contributed by atoms with Crippen molar-refractivity contribution in [3.05, 3.63) is 59.7 Å². The molecule has 0 bridgehead atoms. The second kappa shape index (κ2) is 6.47. The first-order valence-corrected chi connectivity index (χ1v) is 6.94. The molecule has 0 fully saturated rings. The minimum atomic E-state index is 0.357. The van der Waals surface area contributed by atoms with Crippen LogP contribution in [0.25, 0.3) is 0 Å². The highest BCUT2D eigenvalue weighted by atomic mass is 16.5. The molecule has 0 saturated heterocycles. The molecule has 2 rings (SSSR count). The second-order valence-electron chi connectivity index (χ2n) is 5.25. The minimum absolute atomic E-state index is 0.357. The van der Waals surface area contributed by atoms with E-state index in [1.165, 1.54) is 11.1 Å². The van der Waals surface area contributed by atoms with Crippen molar-refractivity contribution < 1.29 is 9.47 Å². The standard InChI is InChI=1S/C18H22O2/c1-13(2)18(14-8-6-5-7-9-14)15-10-11-16(19-3)17(12-15)20-4/h5-13,18H,1-4H3. The highest BCUT2D eigenvalue weighted by Gasteiger charge is 2.19. The van der Waals surface area contributed by atoms with Gasteiger partial charge in [-0.05, 0) is 29.2 Å². The van der Waals surface area contributed by atoms with E-state index >= 15 is 0 Å². The Balaban J connectivity index is 2.45. The third-order valence-electron chi connectivity index (χ3n) is 3.59. The summed E-state index contributed by atoms with van der Waals surface area (Å²) in [6.45, 7) is 4.49. The summed E-state index contributed by atoms with van der Waals surface area (Å²) in [5.74, 6) is 2.42. The summed E-state index contributed by atoms with van der Waals surface area (Å²) < 4.78 is 10.7. The Hall–Kier alpha value is -1.96. The van der Waals surface area contributed by atoms with E-state index in [4.69, 9.17) is 9.47 Å². The zero-order valence-corrected chi connectivity index (χ0v) is 12.6. The molecule has 0 saturated carbocycles. The predicted octanol–water partition coefficient (Wildman–Crippen LogP) is 4.49. The van der Waals surface area contributed by atoms with Gasteiger partial charge in [-0.2, -0.15) is 0 Å². The fraction of sp³-hybridized carbons (Fsp3) is 0.333. The maximum absolute atomic E-state index is 5.42. The maximum atomic E-state index is 5.42. The van der Waals surface area contributed by atoms with Gasteiger partial charge in [-0.1, -0.05) is 50.2 Å². The van der Waals surface area contributed by atoms with Crippen LogP contribution in [-0.4, -0.2) is 14.2 Å². The Morgan fingerprint density at radius 1 is 0.750 bits per heavy atom. The average Bonchev–Trinajstić information content (AvgIpc) is 2.48. The highest BCUT2D eigenvalue weighted by molar-refractivity contribution is 5.46. The van der Waals surface area contributed by atoms with Crippen molar-refractivity contribution in [2.75, 3.05) is 14.2 Å². The van der Waals surface area contributed by atoms with Crippen LogP contribution in [0.5, 0.6) is 11.5 Å². The van der Waals surface area contributed by atoms with Crippen molar-refractivity contribution in [3.8, 4) is 11.5 Å². The van der Waals surface area contributed by atoms with Gasteiger partial charge in [0, 0.05) is 5.92 Å². The van der Waals surface area contributed by atoms with Gasteiger partial charge in [0.15, 0.2) is 11.5 Å². The van der Waals surface area contributed by atoms with Gasteiger partial charge in [0.2, 0.25) is 0 Å². The van der Waals surface area contributed by atoms with E-state index in [9.17, 15) is 0 Å². The molecule has 0 aliphatic heterocycles. The SMILES string of the molecule is COc1ccc(C(c2ccccc2)C(C)C)cc1OC. The van der Waals surface area contributed by atoms with Crippen LogP contribution in [-0.2, 0) is 0 Å². The van der Waals surface area contributed by atoms with Crippen LogP contribution in [0.15, 0.2) is 48.5 Å². The van der Waals surface area contributed by atoms with E-state index in [-0.39, 0.29) is 0 Å². The number of hydrogen-bond donors (Lipinski definition) is 0. The smallest absolute Gasteiger partial charge is 0.161 e. The first kappa shape index (κ1) is 14.4. The molecule has 2 aromatic carbocycles. The summed E-state index contributed by atoms with van der Waals surface area (Å²) in [6, 6.07) is 16.8. The number of benzene rings is 2. The minimum Gasteiger partial charge on any atom is -0.493 e. The molecule has 0 amide bonds. The Bertz CT molecular complexity index is 547. The van der Waals surface area contributed by atoms with Crippen molar-refractivity contribution in [1.82, 2.24) is 0 Å². The third kappa shape index (κ3) is 2.96. The van der Waals surface area contributed by atoms with Crippen LogP contribution in [0.1, 0.15) is 30.9 Å². The van der Waals surface area contributed by atoms with E-state index in [2.05, 4.69) is 56.3 Å². The van der Waals surface area contributed by atoms with Crippen LogP contribution in [0.3, 0.4) is 0 Å². The summed E-state index contributed by atoms with van der Waals surface area (Å²) in [7, 11) is 3.34. The van der Waals surface area contributed by atoms with Gasteiger partial charge in [-0.3, -0.25) is 0 Å². The molecule has 0 aromatic heterocycles. The van der Waals surface area contributed by atoms with E-state index in [0.29, 0.717) is 11.8 Å². The van der Waals surface area contributed by atoms with E-state index in [1.54, 1.807) is 14.2 Å². The summed E-state index contributed by atoms with van der Waals surface area (Å²) in [5, 5.41) is 0. The van der Waals surface area contributed by atoms with E-state index in [0.717, 1.165) is 11.5 Å². The van der Waals surface area contributed by atoms with Gasteiger partial charge in [0.1, 0.15) is 0 Å². The maximum Gasteiger partial charge on any atom is 0.161 e. The van der Waals surface area contributed by atoms with Crippen molar-refractivity contribution in [2.45, 2.75) is 19.8 Å². The van der Waals surface area contributed by atoms with Gasteiger partial charge in [0.05, 0.1) is 14.2 Å². The molecule has 0 heterocycles. The lowest BCUT2D eigenvalue weighted by Crippen LogP contribution is -2.09. The average molecular weight is 270 g/mol. The predicted molar refractivity (Wildman–Crippen MR) is 82.7 cm³/mol. The van der Waals surface area contributed by atoms with Crippen LogP contribution in [0.4, 0.5) is 0 Å². The molecule has 20 heavy (non-hydrogen) atoms. The zero-order valence-electron chi connectivity index (χ0n) is 12.6. The van der Waals surface area contributed by atoms with Crippen LogP contribution in [0.2, 0.25) is 0 Å². The van der Waals surface area contributed by atoms with Gasteiger partial charge in [0.25, 0.3) is 0 Å². The fourth-order valence-corrected chi connectivity index (χ4v) is 2.67. The summed E-state index contributed by atoms with van der Waals surface area (Å²) >= 11 is 0. The molecule has 0 aliphatic carbocycles. The molecule has 106 valence electrons. The molecule has 1 unspecified atom stereocenters. The number of rotatable bonds is 5. The number of ether oxygens (including phenoxy) is 2. The lowest BCUT2D eigenvalue weighted by atomic mass is 9.82. The van der Waals surface area contributed by atoms with Gasteiger partial charge in [-0.25, -0.2) is 0 Å². The first-order chi connectivity index (χ1) is 9.67. The Labute approximate surface area is 121 Å². The molecule has 1 atom stereocenters. The summed E-state index contributed by atoms with van der Waals surface area (Å²) in [5.41, 5.74) is 2.58. The van der Waals surface area contributed by atoms with Gasteiger partial charge < -0.3 is 9.47 Å². The third-order valence-corrected chi connectivity index (χ3v) is 3.59. The molecule has 2 nitrogen and oxygen atoms in total. The Morgan fingerprint density at radius 2 is 1.40 bits per heavy atom. The normalized spacial score (nSPS) is 12.2. The van der Waals surface area contributed by atoms with E-state index in [1.807, 2.05) is 6.07 Å². The lowest BCUT2D eigenvalue weighted by Gasteiger charge is -2.23. The molecule has 2 aromatic rings. The molecule has 2 heteroatoms. The van der Waals surface area contributed by atoms with Crippen LogP contribution >= 0.6 is 0 Å². The quantitative estimate of drug-likeness (QED) is 0.797. The topological polar surface area (TPSA) is 18.5 Å². The Morgan fingerprint density at radius 3 is 1.95 bits per heavy atom. The molecular formula is C18H22O2. The van der Waals surface area contributed by atoms with Gasteiger partial charge in [-0.15, -0.1) is 0 Å². The van der Waals surface area contributed by atoms with Crippen molar-refractivity contribution in [2.24, 2.45) is 5.92 Å². The second-order valence-corrected chi connectivity index (χ2v) is 5.25. The fourth-order valence-electron chi connectivity index (χ4n) is 2.67. The molecule has 0 aliphatic rings. The van der Waals surface area contributed by atoms with Gasteiger partial charge >= 0.3 is 0 Å². The monoisotopic (exact) mass is 270 g/mol. The summed E-state index contributed by atoms with van der Waals surface area (Å²) in [6.07, 6.45) is 0. The zero-order chi connectivity index (χ0) is 14.5. The van der Waals surface area contributed by atoms with Crippen LogP contribution < -0.4 is 9.47 Å². The molecule has 0 radical (unpaired) electrons. The Kier molecular flexibility index (Phi) is 4.67. The van der Waals surface area contributed by atoms with E-state index < -0.39 is 0 Å². The molecule has 0 spiro atoms. The lowest BCUT2D eigenvalue weighted by molar-refractivity contribution is 0.354. The van der Waals surface area contributed by atoms with Crippen molar-refractivity contribution >= 4 is 0 Å². The number of hydrogen-bond acceptors (Lipinski definition) is 2. The highest BCUT2D eigenvalue weighted by Crippen LogP contribution is 2.36. The number of methoxy groups -OCH3 is 2. The summed E-state index contributed by atoms with van der Waals surface area (Å²) in [4.78, 5) is 0. The molecule has 0 N–H and O–H groups in total.